The number of amides is 1. The van der Waals surface area contributed by atoms with Crippen molar-refractivity contribution in [2.75, 3.05) is 13.6 Å². The van der Waals surface area contributed by atoms with E-state index in [1.807, 2.05) is 50.8 Å². The molecule has 3 aliphatic rings. The van der Waals surface area contributed by atoms with E-state index in [9.17, 15) is 4.79 Å². The van der Waals surface area contributed by atoms with Crippen LogP contribution in [0.25, 0.3) is 0 Å². The van der Waals surface area contributed by atoms with Crippen LogP contribution >= 0.6 is 18.8 Å². The van der Waals surface area contributed by atoms with E-state index in [-0.39, 0.29) is 16.9 Å². The lowest BCUT2D eigenvalue weighted by atomic mass is 9.90. The average molecular weight is 517 g/mol. The quantitative estimate of drug-likeness (QED) is 0.289. The Morgan fingerprint density at radius 3 is 2.61 bits per heavy atom. The number of hydrogen-bond acceptors (Lipinski definition) is 7. The van der Waals surface area contributed by atoms with Gasteiger partial charge in [0.05, 0.1) is 30.1 Å². The van der Waals surface area contributed by atoms with E-state index in [0.717, 1.165) is 18.4 Å². The monoisotopic (exact) mass is 516 g/mol. The number of fused-ring (bicyclic) bond motifs is 1. The first-order valence-corrected chi connectivity index (χ1v) is 14.5. The van der Waals surface area contributed by atoms with Gasteiger partial charge in [0.15, 0.2) is 11.5 Å². The van der Waals surface area contributed by atoms with Gasteiger partial charge in [-0.1, -0.05) is 40.7 Å². The van der Waals surface area contributed by atoms with Gasteiger partial charge in [-0.05, 0) is 56.1 Å². The molecule has 3 rings (SSSR count). The van der Waals surface area contributed by atoms with Crippen LogP contribution in [0.5, 0.6) is 0 Å². The molecular weight excluding hydrogens is 479 g/mol. The van der Waals surface area contributed by atoms with Crippen molar-refractivity contribution in [3.63, 3.8) is 0 Å². The Hall–Kier alpha value is -0.830. The molecule has 0 aromatic carbocycles. The fraction of sp³-hybridized carbons (Fsp3) is 0.696. The van der Waals surface area contributed by atoms with Crippen molar-refractivity contribution in [3.05, 3.63) is 35.5 Å². The Bertz CT molecular complexity index is 936. The van der Waals surface area contributed by atoms with E-state index < -0.39 is 18.3 Å². The third-order valence-electron chi connectivity index (χ3n) is 5.31. The zero-order valence-corrected chi connectivity index (χ0v) is 23.7. The minimum Gasteiger partial charge on any atom is -0.461 e. The SMILES string of the molecule is CC1CC(C)(C)OP(=S)(N(CC(C)(C)C)SN(C)C(=O)OC2=C3OC=CC=C3CC2(C)C)O1. The maximum atomic E-state index is 13.2. The van der Waals surface area contributed by atoms with Gasteiger partial charge in [0.1, 0.15) is 0 Å². The summed E-state index contributed by atoms with van der Waals surface area (Å²) in [5.41, 5.74) is 0.186. The molecule has 33 heavy (non-hydrogen) atoms. The van der Waals surface area contributed by atoms with Gasteiger partial charge in [-0.25, -0.2) is 9.10 Å². The second-order valence-electron chi connectivity index (χ2n) is 11.3. The van der Waals surface area contributed by atoms with Crippen LogP contribution in [-0.2, 0) is 30.3 Å². The van der Waals surface area contributed by atoms with Crippen molar-refractivity contribution in [1.29, 1.82) is 0 Å². The molecular formula is C23H37N2O5PS2. The van der Waals surface area contributed by atoms with Crippen LogP contribution in [0.1, 0.15) is 68.2 Å². The van der Waals surface area contributed by atoms with Gasteiger partial charge in [-0.15, -0.1) is 0 Å². The highest BCUT2D eigenvalue weighted by Crippen LogP contribution is 2.63. The predicted molar refractivity (Wildman–Crippen MR) is 136 cm³/mol. The summed E-state index contributed by atoms with van der Waals surface area (Å²) in [4.78, 5) is 13.2. The van der Waals surface area contributed by atoms with Crippen LogP contribution in [0.4, 0.5) is 4.79 Å². The van der Waals surface area contributed by atoms with E-state index in [2.05, 4.69) is 20.8 Å². The van der Waals surface area contributed by atoms with Crippen molar-refractivity contribution in [3.8, 4) is 0 Å². The van der Waals surface area contributed by atoms with Gasteiger partial charge in [0, 0.05) is 25.4 Å². The minimum absolute atomic E-state index is 0.0344. The van der Waals surface area contributed by atoms with E-state index in [0.29, 0.717) is 18.1 Å². The summed E-state index contributed by atoms with van der Waals surface area (Å²) in [5.74, 6) is 1.17. The molecule has 2 atom stereocenters. The molecule has 186 valence electrons. The Morgan fingerprint density at radius 1 is 1.33 bits per heavy atom. The molecule has 1 amide bonds. The molecule has 0 radical (unpaired) electrons. The first kappa shape index (κ1) is 26.8. The standard InChI is InChI=1S/C23H37N2O5PS2/c1-16-13-23(7,8)30-31(32,29-16)25(15-21(2,3)4)33-24(9)20(26)28-19-18-17(11-10-12-27-18)14-22(19,5)6/h10-12,16H,13-15H2,1-9H3. The summed E-state index contributed by atoms with van der Waals surface area (Å²) in [5, 5.41) is 0. The van der Waals surface area contributed by atoms with Crippen LogP contribution in [0.15, 0.2) is 35.5 Å². The molecule has 1 fully saturated rings. The molecule has 0 saturated carbocycles. The zero-order valence-electron chi connectivity index (χ0n) is 21.1. The number of ether oxygens (including phenoxy) is 2. The smallest absolute Gasteiger partial charge is 0.425 e. The lowest BCUT2D eigenvalue weighted by Gasteiger charge is -2.46. The number of nitrogens with zero attached hydrogens (tertiary/aromatic N) is 2. The predicted octanol–water partition coefficient (Wildman–Crippen LogP) is 6.91. The van der Waals surface area contributed by atoms with Crippen LogP contribution in [0, 0.1) is 10.8 Å². The van der Waals surface area contributed by atoms with E-state index in [1.54, 1.807) is 13.3 Å². The van der Waals surface area contributed by atoms with Gasteiger partial charge < -0.3 is 18.5 Å². The summed E-state index contributed by atoms with van der Waals surface area (Å²) in [6.07, 6.45) is 6.42. The van der Waals surface area contributed by atoms with Crippen molar-refractivity contribution < 1.29 is 23.3 Å². The second-order valence-corrected chi connectivity index (χ2v) is 15.9. The lowest BCUT2D eigenvalue weighted by molar-refractivity contribution is -0.00671. The van der Waals surface area contributed by atoms with Crippen molar-refractivity contribution in [2.45, 2.75) is 79.9 Å². The zero-order chi connectivity index (χ0) is 24.8. The van der Waals surface area contributed by atoms with Gasteiger partial charge in [0.25, 0.3) is 6.64 Å². The van der Waals surface area contributed by atoms with Crippen LogP contribution in [0.2, 0.25) is 0 Å². The van der Waals surface area contributed by atoms with Crippen molar-refractivity contribution >= 4 is 36.7 Å². The summed E-state index contributed by atoms with van der Waals surface area (Å²) in [7, 11) is 1.67. The molecule has 1 saturated heterocycles. The van der Waals surface area contributed by atoms with E-state index in [4.69, 9.17) is 30.3 Å². The Balaban J connectivity index is 1.80. The first-order valence-electron chi connectivity index (χ1n) is 11.2. The molecule has 10 heteroatoms. The van der Waals surface area contributed by atoms with Crippen LogP contribution in [-0.4, -0.2) is 39.8 Å². The summed E-state index contributed by atoms with van der Waals surface area (Å²) < 4.78 is 27.5. The molecule has 0 aromatic rings. The number of carbonyl (C=O) groups is 1. The molecule has 0 spiro atoms. The number of carbonyl (C=O) groups excluding carboxylic acids is 1. The van der Waals surface area contributed by atoms with E-state index in [1.165, 1.54) is 16.4 Å². The highest BCUT2D eigenvalue weighted by molar-refractivity contribution is 8.15. The largest absolute Gasteiger partial charge is 0.461 e. The first-order chi connectivity index (χ1) is 15.0. The highest BCUT2D eigenvalue weighted by atomic mass is 32.5. The summed E-state index contributed by atoms with van der Waals surface area (Å²) >= 11 is 7.17. The highest BCUT2D eigenvalue weighted by Gasteiger charge is 2.45. The fourth-order valence-electron chi connectivity index (χ4n) is 4.12. The van der Waals surface area contributed by atoms with Crippen molar-refractivity contribution in [2.24, 2.45) is 10.8 Å². The fourth-order valence-corrected chi connectivity index (χ4v) is 9.41. The van der Waals surface area contributed by atoms with Gasteiger partial charge >= 0.3 is 6.09 Å². The molecule has 2 unspecified atom stereocenters. The average Bonchev–Trinajstić information content (AvgIpc) is 2.87. The third-order valence-corrected chi connectivity index (χ3v) is 10.3. The Labute approximate surface area is 208 Å². The van der Waals surface area contributed by atoms with Gasteiger partial charge in [-0.3, -0.25) is 0 Å². The van der Waals surface area contributed by atoms with Gasteiger partial charge in [-0.2, -0.15) is 4.08 Å². The molecule has 0 aromatic heterocycles. The maximum absolute atomic E-state index is 13.2. The maximum Gasteiger partial charge on any atom is 0.425 e. The Kier molecular flexibility index (Phi) is 7.56. The number of rotatable bonds is 5. The molecule has 7 nitrogen and oxygen atoms in total. The number of hydrogen-bond donors (Lipinski definition) is 0. The van der Waals surface area contributed by atoms with Crippen molar-refractivity contribution in [1.82, 2.24) is 8.38 Å². The van der Waals surface area contributed by atoms with Crippen LogP contribution in [0.3, 0.4) is 0 Å². The molecule has 0 bridgehead atoms. The minimum atomic E-state index is -2.85. The summed E-state index contributed by atoms with van der Waals surface area (Å²) in [6.45, 7) is 14.3. The molecule has 1 aliphatic carbocycles. The molecule has 2 aliphatic heterocycles. The Morgan fingerprint density at radius 2 is 2.00 bits per heavy atom. The normalized spacial score (nSPS) is 28.3. The molecule has 0 N–H and O–H groups in total. The van der Waals surface area contributed by atoms with E-state index >= 15 is 0 Å². The second kappa shape index (κ2) is 9.32. The van der Waals surface area contributed by atoms with Gasteiger partial charge in [0.2, 0.25) is 0 Å². The topological polar surface area (TPSA) is 60.5 Å². The third kappa shape index (κ3) is 6.44. The lowest BCUT2D eigenvalue weighted by Crippen LogP contribution is -2.40. The summed E-state index contributed by atoms with van der Waals surface area (Å²) in [6, 6.07) is 0. The van der Waals surface area contributed by atoms with Crippen LogP contribution < -0.4 is 0 Å². The number of allylic oxidation sites excluding steroid dienone is 4. The molecule has 2 heterocycles.